The van der Waals surface area contributed by atoms with Crippen LogP contribution in [0.5, 0.6) is 5.75 Å². The van der Waals surface area contributed by atoms with Gasteiger partial charge in [-0.3, -0.25) is 38.4 Å². The highest BCUT2D eigenvalue weighted by molar-refractivity contribution is 7.98. The van der Waals surface area contributed by atoms with Crippen LogP contribution in [0, 0.1) is 11.8 Å². The van der Waals surface area contributed by atoms with Crippen LogP contribution in [0.2, 0.25) is 0 Å². The molecule has 68 heavy (non-hydrogen) atoms. The molecule has 0 saturated heterocycles. The number of nitrogens with two attached hydrogens (primary N) is 3. The Balaban J connectivity index is 2.21. The van der Waals surface area contributed by atoms with Crippen LogP contribution in [0.25, 0.3) is 10.9 Å². The van der Waals surface area contributed by atoms with Gasteiger partial charge in [0.1, 0.15) is 29.6 Å². The van der Waals surface area contributed by atoms with Gasteiger partial charge in [-0.05, 0) is 18.1 Å². The number of aromatic nitrogens is 1. The molecule has 0 saturated carbocycles. The number of carbonyl (C=O) groups excluding carboxylic acids is 8. The molecule has 19 N–H and O–H groups in total. The fraction of sp³-hybridized carbons (Fsp3) is 0.610. The Morgan fingerprint density at radius 1 is 1.00 bits per heavy atom. The van der Waals surface area contributed by atoms with Crippen LogP contribution >= 0.6 is 11.8 Å². The van der Waals surface area contributed by atoms with Crippen LogP contribution in [0.1, 0.15) is 51.2 Å². The number of aliphatic hydroxyl groups is 4. The van der Waals surface area contributed by atoms with E-state index in [0.29, 0.717) is 29.7 Å². The smallest absolute Gasteiger partial charge is 0.248 e. The largest absolute Gasteiger partial charge is 0.610 e. The van der Waals surface area contributed by atoms with E-state index in [4.69, 9.17) is 17.2 Å². The molecule has 1 aliphatic heterocycles. The molecule has 1 aromatic carbocycles. The second-order valence-electron chi connectivity index (χ2n) is 16.3. The number of phenols is 1. The molecule has 8 amide bonds. The third-order valence-electron chi connectivity index (χ3n) is 11.2. The summed E-state index contributed by atoms with van der Waals surface area (Å²) in [6.07, 6.45) is -4.56. The average molecular weight is 1000 g/mol. The number of amides is 8. The van der Waals surface area contributed by atoms with E-state index in [-0.39, 0.29) is 34.0 Å². The summed E-state index contributed by atoms with van der Waals surface area (Å²) < 4.78 is 14.8. The summed E-state index contributed by atoms with van der Waals surface area (Å²) in [7, 11) is 0. The summed E-state index contributed by atoms with van der Waals surface area (Å²) >= 11 is -1.01. The van der Waals surface area contributed by atoms with Crippen LogP contribution in [0.4, 0.5) is 0 Å². The number of thioether (sulfide) groups is 1. The third-order valence-corrected chi connectivity index (χ3v) is 13.6. The van der Waals surface area contributed by atoms with Crippen molar-refractivity contribution in [1.29, 1.82) is 0 Å². The molecular formula is C41H65N11O14S2. The van der Waals surface area contributed by atoms with Crippen molar-refractivity contribution in [1.82, 2.24) is 42.2 Å². The molecule has 1 unspecified atom stereocenters. The third kappa shape index (κ3) is 16.5. The van der Waals surface area contributed by atoms with Gasteiger partial charge < -0.3 is 89.5 Å². The van der Waals surface area contributed by atoms with E-state index in [2.05, 4.69) is 42.2 Å². The Kier molecular flexibility index (Phi) is 23.2. The van der Waals surface area contributed by atoms with Crippen molar-refractivity contribution in [2.75, 3.05) is 50.9 Å². The number of aliphatic hydroxyl groups excluding tert-OH is 4. The summed E-state index contributed by atoms with van der Waals surface area (Å²) in [5, 5.41) is 69.8. The lowest BCUT2D eigenvalue weighted by Gasteiger charge is -2.29. The first-order valence-electron chi connectivity index (χ1n) is 21.8. The molecule has 2 aromatic rings. The number of rotatable bonds is 18. The van der Waals surface area contributed by atoms with Crippen LogP contribution in [0.3, 0.4) is 0 Å². The van der Waals surface area contributed by atoms with Crippen molar-refractivity contribution in [2.24, 2.45) is 29.0 Å². The van der Waals surface area contributed by atoms with Gasteiger partial charge in [-0.15, -0.1) is 0 Å². The first kappa shape index (κ1) is 57.1. The van der Waals surface area contributed by atoms with Gasteiger partial charge in [-0.2, -0.15) is 11.8 Å². The standard InChI is InChI=1S/C41H65N11O14S2/c1-4-19(2)34(51-32(60)12-43)39(64)46-14-33(61)48-27-18-68(66)41-24(23-5-6-28(56)25(36(23)52-41)17-67-8-7-42)9-21(15-53)47-40(65)35(20(3)29(57)16-54)50-31(59)10-22(55)13-45-37(62)26(11-30(44)58)49-38(27)63/h5-6,19-22,26-27,29,34-35,52-57H,4,7-18,42-43H2,1-3H3,(H2,44,58)(H,45,62)(H,46,64)(H,47,65)(H,48,61)(H,49,63)(H,50,59)(H,51,60)/t19-,20-,21-,22+,26-,27-,29-,34-,35-,68?/m0/s1. The second-order valence-corrected chi connectivity index (χ2v) is 18.9. The van der Waals surface area contributed by atoms with Crippen LogP contribution in [0.15, 0.2) is 17.2 Å². The van der Waals surface area contributed by atoms with E-state index in [9.17, 15) is 68.4 Å². The van der Waals surface area contributed by atoms with Crippen molar-refractivity contribution in [3.05, 3.63) is 23.3 Å². The van der Waals surface area contributed by atoms with E-state index in [1.165, 1.54) is 30.8 Å². The fourth-order valence-electron chi connectivity index (χ4n) is 7.08. The van der Waals surface area contributed by atoms with Gasteiger partial charge >= 0.3 is 0 Å². The van der Waals surface area contributed by atoms with Crippen molar-refractivity contribution in [3.8, 4) is 5.75 Å². The molecule has 0 bridgehead atoms. The van der Waals surface area contributed by atoms with Crippen LogP contribution < -0.4 is 54.4 Å². The second kappa shape index (κ2) is 27.7. The fourth-order valence-corrected chi connectivity index (χ4v) is 9.28. The number of primary amides is 1. The molecule has 0 fully saturated rings. The number of β-amino-alcohol motifs (C(OH)–C–C–N with tert-alkyl or cyclic N) is 1. The zero-order valence-electron chi connectivity index (χ0n) is 38.0. The summed E-state index contributed by atoms with van der Waals surface area (Å²) in [5.74, 6) is -9.37. The Morgan fingerprint density at radius 3 is 2.32 bits per heavy atom. The first-order chi connectivity index (χ1) is 32.2. The zero-order valence-corrected chi connectivity index (χ0v) is 39.6. The molecule has 380 valence electrons. The van der Waals surface area contributed by atoms with Crippen molar-refractivity contribution in [3.63, 3.8) is 0 Å². The van der Waals surface area contributed by atoms with Gasteiger partial charge in [-0.25, -0.2) is 0 Å². The van der Waals surface area contributed by atoms with E-state index in [1.807, 2.05) is 0 Å². The summed E-state index contributed by atoms with van der Waals surface area (Å²) in [5.41, 5.74) is 17.4. The van der Waals surface area contributed by atoms with E-state index >= 15 is 0 Å². The lowest BCUT2D eigenvalue weighted by Crippen LogP contribution is -2.58. The van der Waals surface area contributed by atoms with Gasteiger partial charge in [0.2, 0.25) is 52.3 Å². The predicted molar refractivity (Wildman–Crippen MR) is 248 cm³/mol. The molecular weight excluding hydrogens is 935 g/mol. The number of H-pyrrole nitrogens is 1. The Morgan fingerprint density at radius 2 is 1.71 bits per heavy atom. The van der Waals surface area contributed by atoms with E-state index in [1.54, 1.807) is 13.8 Å². The molecule has 2 heterocycles. The lowest BCUT2D eigenvalue weighted by molar-refractivity contribution is -0.134. The van der Waals surface area contributed by atoms with E-state index in [0.717, 1.165) is 0 Å². The molecule has 10 atom stereocenters. The summed E-state index contributed by atoms with van der Waals surface area (Å²) in [4.78, 5) is 109. The maximum atomic E-state index is 14.8. The van der Waals surface area contributed by atoms with Gasteiger partial charge in [0.25, 0.3) is 0 Å². The minimum atomic E-state index is -2.37. The Hall–Kier alpha value is -5.26. The molecule has 0 aliphatic carbocycles. The van der Waals surface area contributed by atoms with Crippen LogP contribution in [-0.2, 0) is 61.7 Å². The number of phenolic OH excluding ortho intramolecular Hbond substituents is 1. The van der Waals surface area contributed by atoms with Gasteiger partial charge in [0.05, 0.1) is 62.9 Å². The van der Waals surface area contributed by atoms with Crippen molar-refractivity contribution >= 4 is 81.1 Å². The number of hydrogen-bond acceptors (Lipinski definition) is 17. The molecule has 3 rings (SSSR count). The lowest BCUT2D eigenvalue weighted by atomic mass is 9.94. The highest BCUT2D eigenvalue weighted by Crippen LogP contribution is 2.36. The average Bonchev–Trinajstić information content (AvgIpc) is 3.67. The number of aromatic amines is 1. The summed E-state index contributed by atoms with van der Waals surface area (Å²) in [6.45, 7) is 1.72. The normalized spacial score (nSPS) is 23.0. The Bertz CT molecular complexity index is 2100. The quantitative estimate of drug-likeness (QED) is 0.0488. The minimum Gasteiger partial charge on any atom is -0.610 e. The SMILES string of the molecule is CC[C@H](C)[C@H](NC(=O)CN)C(=O)NCC(=O)N[C@H]1C[S+]([O-])c2[nH]c3c(CSCCN)c(O)ccc3c2C[C@@H](CO)NC(=O)[C@H]([C@@H](C)[C@@H](O)CO)NC(=O)C[C@@H](O)CNC(=O)[C@H](CC(N)=O)NC1=O. The van der Waals surface area contributed by atoms with Gasteiger partial charge in [0.15, 0.2) is 6.04 Å². The maximum absolute atomic E-state index is 14.8. The molecule has 1 aliphatic rings. The number of nitrogens with one attached hydrogen (secondary N) is 8. The predicted octanol–water partition coefficient (Wildman–Crippen LogP) is -6.00. The van der Waals surface area contributed by atoms with E-state index < -0.39 is 164 Å². The van der Waals surface area contributed by atoms with Crippen molar-refractivity contribution in [2.45, 2.75) is 99.7 Å². The number of aromatic hydroxyl groups is 1. The highest BCUT2D eigenvalue weighted by Gasteiger charge is 2.37. The number of hydrogen-bond donors (Lipinski definition) is 16. The molecule has 0 spiro atoms. The minimum absolute atomic E-state index is 0.0977. The molecule has 27 heteroatoms. The van der Waals surface area contributed by atoms with Gasteiger partial charge in [0, 0.05) is 64.6 Å². The van der Waals surface area contributed by atoms with Crippen molar-refractivity contribution < 1.29 is 68.4 Å². The molecule has 25 nitrogen and oxygen atoms in total. The first-order valence-corrected chi connectivity index (χ1v) is 24.3. The zero-order chi connectivity index (χ0) is 50.8. The number of carbonyl (C=O) groups is 8. The molecule has 0 radical (unpaired) electrons. The van der Waals surface area contributed by atoms with Gasteiger partial charge in [-0.1, -0.05) is 27.2 Å². The highest BCUT2D eigenvalue weighted by atomic mass is 32.2. The van der Waals surface area contributed by atoms with Crippen LogP contribution in [-0.4, -0.2) is 176 Å². The summed E-state index contributed by atoms with van der Waals surface area (Å²) in [6, 6.07) is -4.59. The maximum Gasteiger partial charge on any atom is 0.248 e. The topological polar surface area (TPSA) is 439 Å². The monoisotopic (exact) mass is 999 g/mol. The number of fused-ring (bicyclic) bond motifs is 3. The molecule has 1 aromatic heterocycles. The Labute approximate surface area is 399 Å². The number of benzene rings is 1.